The molecule has 1 aliphatic heterocycles. The molecule has 0 atom stereocenters. The molecule has 0 spiro atoms. The largest absolute Gasteiger partial charge is 0.497 e. The SMILES string of the molecule is COc1ccc(CC(=O)Nc2ccc(C(=O)[N+](=CC(=O)O)Cc3ccc(-c4noc(-c5cccc6c5CCNC6)n4)cc3)cc2)c(C(F)(F)F)c1. The monoisotopic (exact) mass is 698 g/mol. The summed E-state index contributed by atoms with van der Waals surface area (Å²) < 4.78 is 52.2. The van der Waals surface area contributed by atoms with Gasteiger partial charge in [0.25, 0.3) is 12.1 Å². The van der Waals surface area contributed by atoms with E-state index in [0.717, 1.165) is 41.9 Å². The van der Waals surface area contributed by atoms with Crippen LogP contribution in [0.15, 0.2) is 89.5 Å². The molecule has 0 fully saturated rings. The highest BCUT2D eigenvalue weighted by Crippen LogP contribution is 2.35. The summed E-state index contributed by atoms with van der Waals surface area (Å²) in [4.78, 5) is 42.2. The van der Waals surface area contributed by atoms with Gasteiger partial charge in [-0.3, -0.25) is 4.79 Å². The number of fused-ring (bicyclic) bond motifs is 1. The van der Waals surface area contributed by atoms with Gasteiger partial charge < -0.3 is 25.0 Å². The third kappa shape index (κ3) is 8.19. The number of halogens is 3. The van der Waals surface area contributed by atoms with Crippen molar-refractivity contribution in [2.75, 3.05) is 19.0 Å². The van der Waals surface area contributed by atoms with E-state index in [1.807, 2.05) is 12.1 Å². The number of hydrogen-bond donors (Lipinski definition) is 3. The highest BCUT2D eigenvalue weighted by molar-refractivity contribution is 6.21. The number of aromatic nitrogens is 2. The molecule has 2 amide bonds. The van der Waals surface area contributed by atoms with E-state index in [0.29, 0.717) is 22.8 Å². The topological polar surface area (TPSA) is 147 Å². The van der Waals surface area contributed by atoms with Gasteiger partial charge in [0, 0.05) is 28.9 Å². The van der Waals surface area contributed by atoms with Gasteiger partial charge in [0.1, 0.15) is 5.75 Å². The molecule has 0 bridgehead atoms. The number of carboxylic acids is 1. The van der Waals surface area contributed by atoms with Crippen molar-refractivity contribution in [1.29, 1.82) is 0 Å². The predicted octanol–water partition coefficient (Wildman–Crippen LogP) is 5.77. The summed E-state index contributed by atoms with van der Waals surface area (Å²) in [5, 5.41) is 19.5. The van der Waals surface area contributed by atoms with E-state index in [4.69, 9.17) is 9.26 Å². The Morgan fingerprint density at radius 2 is 1.80 bits per heavy atom. The van der Waals surface area contributed by atoms with E-state index in [2.05, 4.69) is 26.8 Å². The van der Waals surface area contributed by atoms with Crippen molar-refractivity contribution in [3.8, 4) is 28.6 Å². The van der Waals surface area contributed by atoms with Crippen molar-refractivity contribution in [2.45, 2.75) is 32.1 Å². The third-order valence-corrected chi connectivity index (χ3v) is 8.28. The maximum Gasteiger partial charge on any atom is 0.419 e. The fourth-order valence-electron chi connectivity index (χ4n) is 5.79. The lowest BCUT2D eigenvalue weighted by atomic mass is 9.95. The first-order valence-electron chi connectivity index (χ1n) is 15.8. The van der Waals surface area contributed by atoms with Gasteiger partial charge in [-0.15, -0.1) is 0 Å². The van der Waals surface area contributed by atoms with Crippen LogP contribution in [0.3, 0.4) is 0 Å². The van der Waals surface area contributed by atoms with Crippen molar-refractivity contribution in [1.82, 2.24) is 15.5 Å². The first-order chi connectivity index (χ1) is 24.5. The molecule has 4 aromatic carbocycles. The zero-order chi connectivity index (χ0) is 36.1. The normalized spacial score (nSPS) is 13.0. The van der Waals surface area contributed by atoms with Crippen LogP contribution in [-0.2, 0) is 41.7 Å². The van der Waals surface area contributed by atoms with E-state index < -0.39 is 35.9 Å². The van der Waals surface area contributed by atoms with Gasteiger partial charge in [0.05, 0.1) is 24.7 Å². The molecule has 1 aromatic heterocycles. The average Bonchev–Trinajstić information content (AvgIpc) is 3.61. The number of rotatable bonds is 10. The highest BCUT2D eigenvalue weighted by Gasteiger charge is 2.34. The molecular weight excluding hydrogens is 667 g/mol. The molecule has 0 saturated heterocycles. The highest BCUT2D eigenvalue weighted by atomic mass is 19.4. The van der Waals surface area contributed by atoms with Crippen molar-refractivity contribution in [3.63, 3.8) is 0 Å². The van der Waals surface area contributed by atoms with Crippen LogP contribution in [0.4, 0.5) is 18.9 Å². The van der Waals surface area contributed by atoms with Crippen LogP contribution >= 0.6 is 0 Å². The number of ether oxygens (including phenoxy) is 1. The van der Waals surface area contributed by atoms with Gasteiger partial charge in [-0.25, -0.2) is 9.59 Å². The molecule has 14 heteroatoms. The molecule has 51 heavy (non-hydrogen) atoms. The van der Waals surface area contributed by atoms with Gasteiger partial charge >= 0.3 is 18.1 Å². The molecule has 6 rings (SSSR count). The van der Waals surface area contributed by atoms with E-state index in [1.54, 1.807) is 24.3 Å². The van der Waals surface area contributed by atoms with Crippen molar-refractivity contribution in [2.24, 2.45) is 0 Å². The fraction of sp³-hybridized carbons (Fsp3) is 0.189. The molecule has 2 heterocycles. The number of methoxy groups -OCH3 is 1. The second kappa shape index (κ2) is 14.8. The summed E-state index contributed by atoms with van der Waals surface area (Å²) in [6.07, 6.45) is -3.63. The van der Waals surface area contributed by atoms with Gasteiger partial charge in [0.2, 0.25) is 11.7 Å². The molecular formula is C37H31F3N5O6+. The number of hydrogen-bond acceptors (Lipinski definition) is 8. The van der Waals surface area contributed by atoms with Crippen molar-refractivity contribution < 1.29 is 46.5 Å². The number of carbonyl (C=O) groups excluding carboxylic acids is 2. The lowest BCUT2D eigenvalue weighted by molar-refractivity contribution is -0.440. The maximum absolute atomic E-state index is 13.6. The van der Waals surface area contributed by atoms with Crippen LogP contribution in [-0.4, -0.2) is 57.5 Å². The number of carbonyl (C=O) groups is 3. The molecule has 11 nitrogen and oxygen atoms in total. The average molecular weight is 699 g/mol. The van der Waals surface area contributed by atoms with Gasteiger partial charge in [-0.05, 0) is 72.1 Å². The minimum atomic E-state index is -4.69. The van der Waals surface area contributed by atoms with E-state index in [9.17, 15) is 32.7 Å². The smallest absolute Gasteiger partial charge is 0.419 e. The molecule has 0 radical (unpaired) electrons. The quantitative estimate of drug-likeness (QED) is 0.122. The van der Waals surface area contributed by atoms with Crippen molar-refractivity contribution in [3.05, 3.63) is 118 Å². The maximum atomic E-state index is 13.6. The summed E-state index contributed by atoms with van der Waals surface area (Å²) in [6, 6.07) is 21.8. The Labute approximate surface area is 289 Å². The number of nitrogens with zero attached hydrogens (tertiary/aromatic N) is 3. The summed E-state index contributed by atoms with van der Waals surface area (Å²) in [5.74, 6) is -1.86. The number of nitrogens with one attached hydrogen (secondary N) is 2. The Morgan fingerprint density at radius 1 is 1.04 bits per heavy atom. The van der Waals surface area contributed by atoms with Crippen LogP contribution in [0, 0.1) is 0 Å². The predicted molar refractivity (Wildman–Crippen MR) is 179 cm³/mol. The first-order valence-corrected chi connectivity index (χ1v) is 15.8. The summed E-state index contributed by atoms with van der Waals surface area (Å²) in [7, 11) is 1.25. The van der Waals surface area contributed by atoms with Gasteiger partial charge in [-0.2, -0.15) is 22.7 Å². The zero-order valence-corrected chi connectivity index (χ0v) is 27.2. The van der Waals surface area contributed by atoms with Crippen molar-refractivity contribution >= 4 is 29.7 Å². The van der Waals surface area contributed by atoms with Crippen LogP contribution in [0.5, 0.6) is 5.75 Å². The zero-order valence-electron chi connectivity index (χ0n) is 27.2. The Bertz CT molecular complexity index is 2130. The Kier molecular flexibility index (Phi) is 10.0. The second-order valence-electron chi connectivity index (χ2n) is 11.7. The van der Waals surface area contributed by atoms with Crippen LogP contribution in [0.2, 0.25) is 0 Å². The minimum Gasteiger partial charge on any atom is -0.497 e. The molecule has 0 saturated carbocycles. The van der Waals surface area contributed by atoms with Crippen LogP contribution < -0.4 is 15.4 Å². The fourth-order valence-corrected chi connectivity index (χ4v) is 5.79. The number of carboxylic acid groups (broad SMARTS) is 1. The first kappa shape index (κ1) is 34.7. The number of anilines is 1. The third-order valence-electron chi connectivity index (χ3n) is 8.28. The second-order valence-corrected chi connectivity index (χ2v) is 11.7. The number of alkyl halides is 3. The molecule has 260 valence electrons. The molecule has 5 aromatic rings. The number of benzene rings is 4. The Balaban J connectivity index is 1.12. The summed E-state index contributed by atoms with van der Waals surface area (Å²) in [5.41, 5.74) is 3.69. The molecule has 0 unspecified atom stereocenters. The Hall–Kier alpha value is -6.15. The van der Waals surface area contributed by atoms with Crippen LogP contribution in [0.1, 0.15) is 38.2 Å². The van der Waals surface area contributed by atoms with E-state index in [1.165, 1.54) is 54.6 Å². The number of amides is 2. The lowest BCUT2D eigenvalue weighted by Gasteiger charge is -2.18. The summed E-state index contributed by atoms with van der Waals surface area (Å²) in [6.45, 7) is 1.56. The van der Waals surface area contributed by atoms with E-state index >= 15 is 0 Å². The Morgan fingerprint density at radius 3 is 2.51 bits per heavy atom. The molecule has 3 N–H and O–H groups in total. The molecule has 0 aliphatic carbocycles. The summed E-state index contributed by atoms with van der Waals surface area (Å²) >= 11 is 0. The van der Waals surface area contributed by atoms with Gasteiger partial charge in [-0.1, -0.05) is 47.6 Å². The van der Waals surface area contributed by atoms with Crippen LogP contribution in [0.25, 0.3) is 22.8 Å². The molecule has 1 aliphatic rings. The van der Waals surface area contributed by atoms with E-state index in [-0.39, 0.29) is 29.1 Å². The lowest BCUT2D eigenvalue weighted by Crippen LogP contribution is -2.25. The van der Waals surface area contributed by atoms with Gasteiger partial charge in [0.15, 0.2) is 6.54 Å². The standard InChI is InChI=1S/C37H30F3N5O6/c1-50-28-14-11-25(31(18-28)37(38,39)40)17-32(46)42-27-12-9-24(10-13-27)36(49)45(21-33(47)48)20-22-5-7-23(8-6-22)34-43-35(51-44-34)30-4-2-3-26-19-41-16-15-29(26)30/h2-14,18,21,41H,15-17,19-20H2,1H3,(H-,42,46,47,48,49)/p+1. The minimum absolute atomic E-state index is 0.00953. The number of aliphatic carboxylic acids is 1.